The number of carbonyl (C=O) groups is 3. The summed E-state index contributed by atoms with van der Waals surface area (Å²) in [6.07, 6.45) is 12.4. The summed E-state index contributed by atoms with van der Waals surface area (Å²) < 4.78 is 11.2. The number of hydrogen-bond acceptors (Lipinski definition) is 8. The van der Waals surface area contributed by atoms with E-state index in [0.717, 1.165) is 0 Å². The fraction of sp³-hybridized carbons (Fsp3) is 0.514. The van der Waals surface area contributed by atoms with Crippen LogP contribution in [0.15, 0.2) is 60.2 Å². The molecule has 2 amide bonds. The molecule has 1 heterocycles. The van der Waals surface area contributed by atoms with Gasteiger partial charge in [-0.15, -0.1) is 0 Å². The molecule has 1 aromatic rings. The van der Waals surface area contributed by atoms with Crippen molar-refractivity contribution in [2.24, 2.45) is 11.8 Å². The van der Waals surface area contributed by atoms with Crippen LogP contribution in [0.1, 0.15) is 72.3 Å². The van der Waals surface area contributed by atoms with E-state index in [1.165, 1.54) is 19.2 Å². The first kappa shape index (κ1) is 37.3. The van der Waals surface area contributed by atoms with E-state index in [0.29, 0.717) is 49.2 Å². The van der Waals surface area contributed by atoms with E-state index in [1.54, 1.807) is 51.2 Å². The summed E-state index contributed by atoms with van der Waals surface area (Å²) >= 11 is 0. The lowest BCUT2D eigenvalue weighted by Gasteiger charge is -2.29. The second-order valence-corrected chi connectivity index (χ2v) is 11.9. The monoisotopic (exact) mass is 626 g/mol. The van der Waals surface area contributed by atoms with Gasteiger partial charge in [-0.1, -0.05) is 63.3 Å². The third-order valence-electron chi connectivity index (χ3n) is 7.68. The van der Waals surface area contributed by atoms with Crippen LogP contribution in [-0.2, 0) is 30.3 Å². The first-order valence-corrected chi connectivity index (χ1v) is 15.5. The highest BCUT2D eigenvalue weighted by atomic mass is 16.5. The van der Waals surface area contributed by atoms with Gasteiger partial charge in [-0.05, 0) is 56.2 Å². The van der Waals surface area contributed by atoms with Crippen LogP contribution in [0.5, 0.6) is 11.5 Å². The molecule has 2 bridgehead atoms. The summed E-state index contributed by atoms with van der Waals surface area (Å²) in [6, 6.07) is 1.87. The van der Waals surface area contributed by atoms with Gasteiger partial charge in [0.25, 0.3) is 0 Å². The summed E-state index contributed by atoms with van der Waals surface area (Å²) in [6.45, 7) is 9.21. The van der Waals surface area contributed by atoms with Crippen molar-refractivity contribution in [1.82, 2.24) is 5.32 Å². The molecule has 248 valence electrons. The van der Waals surface area contributed by atoms with Crippen LogP contribution in [0, 0.1) is 11.8 Å². The molecule has 1 aliphatic rings. The number of esters is 1. The van der Waals surface area contributed by atoms with Gasteiger partial charge in [0.1, 0.15) is 23.6 Å². The van der Waals surface area contributed by atoms with Crippen molar-refractivity contribution in [1.29, 1.82) is 0 Å². The molecular weight excluding hydrogens is 576 g/mol. The largest absolute Gasteiger partial charge is 0.508 e. The van der Waals surface area contributed by atoms with E-state index < -0.39 is 42.1 Å². The lowest BCUT2D eigenvalue weighted by molar-refractivity contribution is -0.156. The number of anilines is 1. The van der Waals surface area contributed by atoms with Crippen LogP contribution in [0.25, 0.3) is 0 Å². The Morgan fingerprint density at radius 1 is 1.11 bits per heavy atom. The number of aromatic hydroxyl groups is 2. The van der Waals surface area contributed by atoms with Crippen molar-refractivity contribution in [2.75, 3.05) is 12.4 Å². The average molecular weight is 627 g/mol. The number of rotatable bonds is 7. The van der Waals surface area contributed by atoms with E-state index in [9.17, 15) is 29.7 Å². The number of allylic oxidation sites excluding steroid dienone is 5. The van der Waals surface area contributed by atoms with Gasteiger partial charge in [0.2, 0.25) is 11.8 Å². The molecule has 10 nitrogen and oxygen atoms in total. The molecular formula is C35H50N2O8. The first-order chi connectivity index (χ1) is 21.3. The van der Waals surface area contributed by atoms with Crippen LogP contribution >= 0.6 is 0 Å². The number of aliphatic hydroxyl groups excluding tert-OH is 1. The molecule has 1 aliphatic heterocycles. The van der Waals surface area contributed by atoms with Crippen molar-refractivity contribution < 1.29 is 39.2 Å². The van der Waals surface area contributed by atoms with E-state index in [-0.39, 0.29) is 29.5 Å². The van der Waals surface area contributed by atoms with Crippen LogP contribution in [0.3, 0.4) is 0 Å². The summed E-state index contributed by atoms with van der Waals surface area (Å²) in [5.74, 6) is -1.58. The maximum atomic E-state index is 13.0. The van der Waals surface area contributed by atoms with Gasteiger partial charge in [0.05, 0.1) is 24.3 Å². The Hall–Kier alpha value is -3.89. The van der Waals surface area contributed by atoms with Gasteiger partial charge in [-0.3, -0.25) is 9.59 Å². The number of carbonyl (C=O) groups excluding carboxylic acids is 3. The number of aryl methyl sites for hydroxylation is 1. The molecule has 45 heavy (non-hydrogen) atoms. The molecule has 0 spiro atoms. The number of benzene rings is 1. The molecule has 2 rings (SSSR count). The topological polar surface area (TPSA) is 154 Å². The van der Waals surface area contributed by atoms with E-state index in [2.05, 4.69) is 10.6 Å². The van der Waals surface area contributed by atoms with Crippen LogP contribution in [0.2, 0.25) is 0 Å². The number of phenolic OH excluding ortho intramolecular Hbond substituents is 2. The molecule has 0 aromatic heterocycles. The summed E-state index contributed by atoms with van der Waals surface area (Å²) in [4.78, 5) is 37.9. The van der Waals surface area contributed by atoms with Crippen molar-refractivity contribution >= 4 is 23.5 Å². The van der Waals surface area contributed by atoms with Crippen LogP contribution in [0.4, 0.5) is 5.69 Å². The highest BCUT2D eigenvalue weighted by Gasteiger charge is 2.30. The fourth-order valence-electron chi connectivity index (χ4n) is 4.79. The van der Waals surface area contributed by atoms with E-state index in [4.69, 9.17) is 9.47 Å². The normalized spacial score (nSPS) is 22.6. The first-order valence-electron chi connectivity index (χ1n) is 15.5. The minimum atomic E-state index is -0.946. The van der Waals surface area contributed by atoms with Gasteiger partial charge < -0.3 is 35.4 Å². The smallest absolute Gasteiger partial charge is 0.328 e. The zero-order valence-electron chi connectivity index (χ0n) is 27.3. The lowest BCUT2D eigenvalue weighted by atomic mass is 9.90. The standard InChI is InChI=1S/C35H50N2O8/c1-22(2)17-18-31(39)36-25(5)35(43)45-30-16-11-9-7-8-10-15-28(44-6)21-32(40)37-29-20-27(38)19-26(34(29)42)14-12-13-23(3)33(41)24(30)4/h7-11,13,15,19-20,22,24-25,28,30,33,38,41-42H,12,14,16-18,21H2,1-6H3,(H,36,39)(H,37,40). The van der Waals surface area contributed by atoms with Crippen LogP contribution < -0.4 is 10.6 Å². The number of fused-ring (bicyclic) bond motifs is 2. The Kier molecular flexibility index (Phi) is 15.6. The Labute approximate surface area is 266 Å². The fourth-order valence-corrected chi connectivity index (χ4v) is 4.79. The predicted octanol–water partition coefficient (Wildman–Crippen LogP) is 5.24. The number of methoxy groups -OCH3 is 1. The van der Waals surface area contributed by atoms with Crippen molar-refractivity contribution in [3.63, 3.8) is 0 Å². The Morgan fingerprint density at radius 2 is 1.82 bits per heavy atom. The Balaban J connectivity index is 2.32. The summed E-state index contributed by atoms with van der Waals surface area (Å²) in [5, 5.41) is 37.6. The average Bonchev–Trinajstić information content (AvgIpc) is 2.98. The Bertz CT molecular complexity index is 1270. The molecule has 0 saturated carbocycles. The van der Waals surface area contributed by atoms with Crippen molar-refractivity contribution in [3.8, 4) is 11.5 Å². The third kappa shape index (κ3) is 12.9. The number of nitrogens with one attached hydrogen (secondary N) is 2. The number of hydrogen-bond donors (Lipinski definition) is 5. The highest BCUT2D eigenvalue weighted by Crippen LogP contribution is 2.34. The van der Waals surface area contributed by atoms with Crippen LogP contribution in [-0.4, -0.2) is 64.6 Å². The second kappa shape index (κ2) is 18.8. The van der Waals surface area contributed by atoms with Gasteiger partial charge in [-0.25, -0.2) is 4.79 Å². The molecule has 0 saturated heterocycles. The van der Waals surface area contributed by atoms with Gasteiger partial charge in [0, 0.05) is 31.9 Å². The molecule has 5 unspecified atom stereocenters. The zero-order valence-corrected chi connectivity index (χ0v) is 27.3. The molecule has 0 radical (unpaired) electrons. The van der Waals surface area contributed by atoms with Gasteiger partial charge >= 0.3 is 5.97 Å². The summed E-state index contributed by atoms with van der Waals surface area (Å²) in [5.41, 5.74) is 1.17. The SMILES string of the molecule is COC1C=CC=CC=CCC(OC(=O)C(C)NC(=O)CCC(C)C)C(C)C(O)C(C)=CCCc2cc(O)cc(c2O)NC(=O)C1. The number of phenols is 2. The number of amides is 2. The second-order valence-electron chi connectivity index (χ2n) is 11.9. The molecule has 10 heteroatoms. The lowest BCUT2D eigenvalue weighted by Crippen LogP contribution is -2.43. The Morgan fingerprint density at radius 3 is 2.51 bits per heavy atom. The van der Waals surface area contributed by atoms with Gasteiger partial charge in [0.15, 0.2) is 0 Å². The van der Waals surface area contributed by atoms with Crippen molar-refractivity contribution in [3.05, 3.63) is 65.8 Å². The highest BCUT2D eigenvalue weighted by molar-refractivity contribution is 5.93. The number of ether oxygens (including phenoxy) is 2. The predicted molar refractivity (Wildman–Crippen MR) is 175 cm³/mol. The summed E-state index contributed by atoms with van der Waals surface area (Å²) in [7, 11) is 1.49. The zero-order chi connectivity index (χ0) is 33.5. The number of aliphatic hydroxyl groups is 1. The maximum Gasteiger partial charge on any atom is 0.328 e. The molecule has 1 aromatic carbocycles. The third-order valence-corrected chi connectivity index (χ3v) is 7.68. The molecule has 0 fully saturated rings. The molecule has 0 aliphatic carbocycles. The molecule has 5 N–H and O–H groups in total. The minimum absolute atomic E-state index is 0.0114. The van der Waals surface area contributed by atoms with Gasteiger partial charge in [-0.2, -0.15) is 0 Å². The molecule has 5 atom stereocenters. The quantitative estimate of drug-likeness (QED) is 0.119. The van der Waals surface area contributed by atoms with E-state index >= 15 is 0 Å². The maximum absolute atomic E-state index is 13.0. The minimum Gasteiger partial charge on any atom is -0.508 e. The van der Waals surface area contributed by atoms with Crippen molar-refractivity contribution in [2.45, 2.75) is 97.5 Å². The van der Waals surface area contributed by atoms with E-state index in [1.807, 2.05) is 26.0 Å².